The predicted molar refractivity (Wildman–Crippen MR) is 124 cm³/mol. The smallest absolute Gasteiger partial charge is 0.407 e. The Morgan fingerprint density at radius 2 is 1.88 bits per heavy atom. The maximum Gasteiger partial charge on any atom is 0.407 e. The summed E-state index contributed by atoms with van der Waals surface area (Å²) in [5, 5.41) is 3.24. The SMILES string of the molecule is CN1C(=O)C=C[C@]2(C)[C@H]3CC[C@]4(C)[C@@H](NC(=O)OCc5ccccc5)CC[C@H]4[C@@H]3CC[C@@H]12. The van der Waals surface area contributed by atoms with Crippen LogP contribution in [0.1, 0.15) is 57.9 Å². The fourth-order valence-corrected chi connectivity index (χ4v) is 7.88. The van der Waals surface area contributed by atoms with Crippen LogP contribution in [0.3, 0.4) is 0 Å². The van der Waals surface area contributed by atoms with Gasteiger partial charge in [-0.15, -0.1) is 0 Å². The fraction of sp³-hybridized carbons (Fsp3) is 0.630. The van der Waals surface area contributed by atoms with Gasteiger partial charge in [-0.2, -0.15) is 0 Å². The van der Waals surface area contributed by atoms with Crippen LogP contribution in [-0.4, -0.2) is 36.0 Å². The number of nitrogens with one attached hydrogen (secondary N) is 1. The molecule has 0 spiro atoms. The van der Waals surface area contributed by atoms with Crippen molar-refractivity contribution in [2.24, 2.45) is 28.6 Å². The summed E-state index contributed by atoms with van der Waals surface area (Å²) in [6.07, 6.45) is 10.5. The lowest BCUT2D eigenvalue weighted by molar-refractivity contribution is -0.138. The van der Waals surface area contributed by atoms with Crippen molar-refractivity contribution in [2.45, 2.75) is 71.1 Å². The third kappa shape index (κ3) is 3.36. The fourth-order valence-electron chi connectivity index (χ4n) is 7.88. The average molecular weight is 437 g/mol. The maximum absolute atomic E-state index is 12.6. The first-order valence-electron chi connectivity index (χ1n) is 12.3. The van der Waals surface area contributed by atoms with Crippen molar-refractivity contribution in [3.63, 3.8) is 0 Å². The summed E-state index contributed by atoms with van der Waals surface area (Å²) < 4.78 is 5.53. The van der Waals surface area contributed by atoms with Crippen LogP contribution in [-0.2, 0) is 16.1 Å². The lowest BCUT2D eigenvalue weighted by atomic mass is 9.48. The lowest BCUT2D eigenvalue weighted by Gasteiger charge is -2.60. The van der Waals surface area contributed by atoms with E-state index in [9.17, 15) is 9.59 Å². The molecule has 5 rings (SSSR count). The minimum absolute atomic E-state index is 0.0625. The van der Waals surface area contributed by atoms with Crippen LogP contribution in [0.25, 0.3) is 0 Å². The number of rotatable bonds is 3. The van der Waals surface area contributed by atoms with E-state index in [-0.39, 0.29) is 28.9 Å². The number of carbonyl (C=O) groups is 2. The molecule has 0 saturated heterocycles. The van der Waals surface area contributed by atoms with Crippen LogP contribution in [0.4, 0.5) is 4.79 Å². The van der Waals surface area contributed by atoms with Crippen LogP contribution in [0.5, 0.6) is 0 Å². The van der Waals surface area contributed by atoms with Gasteiger partial charge in [0.05, 0.1) is 0 Å². The van der Waals surface area contributed by atoms with Gasteiger partial charge in [0.2, 0.25) is 5.91 Å². The quantitative estimate of drug-likeness (QED) is 0.732. The first-order valence-corrected chi connectivity index (χ1v) is 12.3. The number of alkyl carbamates (subject to hydrolysis) is 1. The minimum Gasteiger partial charge on any atom is -0.445 e. The van der Waals surface area contributed by atoms with E-state index >= 15 is 0 Å². The molecule has 3 fully saturated rings. The minimum atomic E-state index is -0.297. The van der Waals surface area contributed by atoms with Crippen LogP contribution >= 0.6 is 0 Å². The molecule has 32 heavy (non-hydrogen) atoms. The van der Waals surface area contributed by atoms with Crippen LogP contribution < -0.4 is 5.32 Å². The number of nitrogens with zero attached hydrogens (tertiary/aromatic N) is 1. The molecule has 172 valence electrons. The van der Waals surface area contributed by atoms with Crippen LogP contribution in [0.15, 0.2) is 42.5 Å². The van der Waals surface area contributed by atoms with E-state index in [0.29, 0.717) is 30.4 Å². The van der Waals surface area contributed by atoms with E-state index in [4.69, 9.17) is 4.74 Å². The third-order valence-electron chi connectivity index (χ3n) is 9.63. The monoisotopic (exact) mass is 436 g/mol. The topological polar surface area (TPSA) is 58.6 Å². The molecular weight excluding hydrogens is 400 g/mol. The molecule has 1 N–H and O–H groups in total. The summed E-state index contributed by atoms with van der Waals surface area (Å²) in [5.74, 6) is 2.03. The van der Waals surface area contributed by atoms with Crippen molar-refractivity contribution >= 4 is 12.0 Å². The largest absolute Gasteiger partial charge is 0.445 e. The van der Waals surface area contributed by atoms with Crippen molar-refractivity contribution in [2.75, 3.05) is 7.05 Å². The Labute approximate surface area is 191 Å². The number of carbonyl (C=O) groups excluding carboxylic acids is 2. The van der Waals surface area contributed by atoms with E-state index in [1.165, 1.54) is 12.8 Å². The summed E-state index contributed by atoms with van der Waals surface area (Å²) >= 11 is 0. The molecule has 1 heterocycles. The number of amides is 2. The Morgan fingerprint density at radius 3 is 2.66 bits per heavy atom. The molecule has 0 aromatic heterocycles. The van der Waals surface area contributed by atoms with Gasteiger partial charge in [-0.25, -0.2) is 4.79 Å². The van der Waals surface area contributed by atoms with Crippen molar-refractivity contribution in [1.29, 1.82) is 0 Å². The molecule has 1 aromatic carbocycles. The Bertz CT molecular complexity index is 915. The van der Waals surface area contributed by atoms with Gasteiger partial charge in [0.15, 0.2) is 0 Å². The van der Waals surface area contributed by atoms with Gasteiger partial charge in [-0.3, -0.25) is 4.79 Å². The summed E-state index contributed by atoms with van der Waals surface area (Å²) in [4.78, 5) is 26.8. The van der Waals surface area contributed by atoms with E-state index in [0.717, 1.165) is 31.2 Å². The van der Waals surface area contributed by atoms with Gasteiger partial charge in [0.25, 0.3) is 0 Å². The van der Waals surface area contributed by atoms with Crippen molar-refractivity contribution < 1.29 is 14.3 Å². The molecule has 1 aliphatic heterocycles. The van der Waals surface area contributed by atoms with E-state index in [1.807, 2.05) is 42.3 Å². The molecule has 3 saturated carbocycles. The summed E-state index contributed by atoms with van der Waals surface area (Å²) in [6.45, 7) is 5.08. The zero-order chi connectivity index (χ0) is 22.5. The number of hydrogen-bond acceptors (Lipinski definition) is 3. The number of likely N-dealkylation sites (N-methyl/N-ethyl adjacent to an activating group) is 1. The number of hydrogen-bond donors (Lipinski definition) is 1. The highest BCUT2D eigenvalue weighted by Gasteiger charge is 2.60. The second kappa shape index (κ2) is 7.93. The number of benzene rings is 1. The molecule has 7 atom stereocenters. The van der Waals surface area contributed by atoms with Gasteiger partial charge in [0, 0.05) is 24.5 Å². The Morgan fingerprint density at radius 1 is 1.09 bits per heavy atom. The third-order valence-corrected chi connectivity index (χ3v) is 9.63. The molecular formula is C27H36N2O3. The van der Waals surface area contributed by atoms with Crippen LogP contribution in [0, 0.1) is 28.6 Å². The molecule has 5 nitrogen and oxygen atoms in total. The number of ether oxygens (including phenoxy) is 1. The Balaban J connectivity index is 1.27. The van der Waals surface area contributed by atoms with Gasteiger partial charge in [-0.1, -0.05) is 50.3 Å². The second-order valence-corrected chi connectivity index (χ2v) is 11.0. The molecule has 5 heteroatoms. The standard InChI is InChI=1S/C27H36N2O3/c1-26-15-13-21-19(9-12-23-27(21,2)16-14-24(30)29(23)3)20(26)10-11-22(26)28-25(31)32-17-18-7-5-4-6-8-18/h4-8,14,16,19-23H,9-13,15,17H2,1-3H3,(H,28,31)/t19-,20-,21-,22-,23+,26-,27+/m0/s1. The average Bonchev–Trinajstić information content (AvgIpc) is 3.12. The van der Waals surface area contributed by atoms with Crippen molar-refractivity contribution in [3.8, 4) is 0 Å². The summed E-state index contributed by atoms with van der Waals surface area (Å²) in [7, 11) is 1.97. The maximum atomic E-state index is 12.6. The first kappa shape index (κ1) is 21.5. The lowest BCUT2D eigenvalue weighted by Crippen LogP contribution is -2.60. The predicted octanol–water partition coefficient (Wildman–Crippen LogP) is 4.92. The zero-order valence-corrected chi connectivity index (χ0v) is 19.5. The normalized spacial score (nSPS) is 40.3. The van der Waals surface area contributed by atoms with Crippen LogP contribution in [0.2, 0.25) is 0 Å². The number of fused-ring (bicyclic) bond motifs is 5. The highest BCUT2D eigenvalue weighted by Crippen LogP contribution is 2.63. The van der Waals surface area contributed by atoms with E-state index in [1.54, 1.807) is 6.08 Å². The van der Waals surface area contributed by atoms with E-state index in [2.05, 4.69) is 25.2 Å². The highest BCUT2D eigenvalue weighted by atomic mass is 16.5. The Hall–Kier alpha value is -2.30. The van der Waals surface area contributed by atoms with Gasteiger partial charge in [-0.05, 0) is 73.3 Å². The van der Waals surface area contributed by atoms with Gasteiger partial charge >= 0.3 is 6.09 Å². The summed E-state index contributed by atoms with van der Waals surface area (Å²) in [5.41, 5.74) is 1.19. The van der Waals surface area contributed by atoms with Crippen molar-refractivity contribution in [3.05, 3.63) is 48.0 Å². The van der Waals surface area contributed by atoms with Gasteiger partial charge < -0.3 is 15.0 Å². The van der Waals surface area contributed by atoms with Gasteiger partial charge in [0.1, 0.15) is 6.61 Å². The zero-order valence-electron chi connectivity index (χ0n) is 19.5. The highest BCUT2D eigenvalue weighted by molar-refractivity contribution is 5.89. The molecule has 4 aliphatic rings. The van der Waals surface area contributed by atoms with Crippen molar-refractivity contribution in [1.82, 2.24) is 10.2 Å². The molecule has 0 radical (unpaired) electrons. The second-order valence-electron chi connectivity index (χ2n) is 11.0. The molecule has 2 amide bonds. The first-order chi connectivity index (χ1) is 15.3. The molecule has 0 unspecified atom stereocenters. The molecule has 0 bridgehead atoms. The molecule has 1 aromatic rings. The summed E-state index contributed by atoms with van der Waals surface area (Å²) in [6, 6.07) is 10.3. The Kier molecular flexibility index (Phi) is 5.34. The van der Waals surface area contributed by atoms with E-state index < -0.39 is 0 Å². The molecule has 3 aliphatic carbocycles.